The molecule has 1 N–H and O–H groups in total. The Morgan fingerprint density at radius 1 is 1.39 bits per heavy atom. The number of ether oxygens (including phenoxy) is 1. The van der Waals surface area contributed by atoms with Gasteiger partial charge in [-0.15, -0.1) is 0 Å². The van der Waals surface area contributed by atoms with E-state index in [4.69, 9.17) is 4.42 Å². The van der Waals surface area contributed by atoms with E-state index >= 15 is 0 Å². The van der Waals surface area contributed by atoms with Crippen LogP contribution in [0, 0.1) is 0 Å². The molecule has 0 fully saturated rings. The molecule has 23 heavy (non-hydrogen) atoms. The van der Waals surface area contributed by atoms with Gasteiger partial charge in [-0.3, -0.25) is 0 Å². The maximum absolute atomic E-state index is 12.1. The van der Waals surface area contributed by atoms with Crippen molar-refractivity contribution in [3.05, 3.63) is 43.1 Å². The van der Waals surface area contributed by atoms with Crippen molar-refractivity contribution in [2.24, 2.45) is 0 Å². The molecule has 3 aromatic rings. The quantitative estimate of drug-likeness (QED) is 0.374. The molecule has 0 radical (unpaired) electrons. The maximum atomic E-state index is 12.1. The van der Waals surface area contributed by atoms with Crippen LogP contribution in [0.2, 0.25) is 0 Å². The van der Waals surface area contributed by atoms with E-state index in [9.17, 15) is 14.7 Å². The van der Waals surface area contributed by atoms with Crippen LogP contribution in [0.3, 0.4) is 0 Å². The van der Waals surface area contributed by atoms with Gasteiger partial charge >= 0.3 is 146 Å². The second-order valence-corrected chi connectivity index (χ2v) is 8.54. The zero-order valence-corrected chi connectivity index (χ0v) is 15.9. The number of hydrogen-bond acceptors (Lipinski definition) is 5. The van der Waals surface area contributed by atoms with Gasteiger partial charge in [0.25, 0.3) is 0 Å². The first-order valence-electron chi connectivity index (χ1n) is 6.74. The SMILES string of the molecule is COC(=O)c1cc2ccc3c(Br)c(C(C)(C)O)[se]c3c2oc1=O. The molecular weight excluding hydrogens is 431 g/mol. The Morgan fingerprint density at radius 3 is 2.70 bits per heavy atom. The van der Waals surface area contributed by atoms with Gasteiger partial charge in [-0.25, -0.2) is 0 Å². The van der Waals surface area contributed by atoms with E-state index < -0.39 is 17.2 Å². The van der Waals surface area contributed by atoms with E-state index in [1.165, 1.54) is 13.2 Å². The number of carbonyl (C=O) groups excluding carboxylic acids is 1. The standard InChI is InChI=1S/C16H13BrO5Se/c1-16(2,20)13-10(17)8-5-4-7-6-9(14(18)21-3)15(19)22-11(7)12(8)23-13/h4-6,20H,1-3H3. The Labute approximate surface area is 145 Å². The van der Waals surface area contributed by atoms with Gasteiger partial charge < -0.3 is 0 Å². The topological polar surface area (TPSA) is 76.7 Å². The fraction of sp³-hybridized carbons (Fsp3) is 0.250. The summed E-state index contributed by atoms with van der Waals surface area (Å²) in [6.07, 6.45) is 0. The van der Waals surface area contributed by atoms with Crippen molar-refractivity contribution in [2.75, 3.05) is 7.11 Å². The Morgan fingerprint density at radius 2 is 2.09 bits per heavy atom. The minimum atomic E-state index is -0.962. The van der Waals surface area contributed by atoms with E-state index in [1.807, 2.05) is 6.07 Å². The van der Waals surface area contributed by atoms with Crippen molar-refractivity contribution in [1.29, 1.82) is 0 Å². The van der Waals surface area contributed by atoms with Gasteiger partial charge in [-0.1, -0.05) is 0 Å². The van der Waals surface area contributed by atoms with Crippen LogP contribution < -0.4 is 5.63 Å². The molecule has 1 aromatic carbocycles. The van der Waals surface area contributed by atoms with Crippen LogP contribution in [0.25, 0.3) is 20.6 Å². The molecule has 3 rings (SSSR count). The number of rotatable bonds is 2. The third-order valence-corrected chi connectivity index (χ3v) is 8.06. The Hall–Kier alpha value is -1.40. The van der Waals surface area contributed by atoms with Crippen LogP contribution in [0.4, 0.5) is 0 Å². The van der Waals surface area contributed by atoms with Gasteiger partial charge in [-0.05, 0) is 0 Å². The van der Waals surface area contributed by atoms with Crippen LogP contribution in [-0.2, 0) is 10.3 Å². The first-order chi connectivity index (χ1) is 10.7. The third kappa shape index (κ3) is 2.68. The Kier molecular flexibility index (Phi) is 4.01. The molecule has 0 unspecified atom stereocenters. The zero-order valence-electron chi connectivity index (χ0n) is 12.6. The predicted octanol–water partition coefficient (Wildman–Crippen LogP) is 2.78. The molecule has 120 valence electrons. The van der Waals surface area contributed by atoms with Crippen molar-refractivity contribution in [1.82, 2.24) is 0 Å². The molecule has 5 nitrogen and oxygen atoms in total. The van der Waals surface area contributed by atoms with Gasteiger partial charge in [-0.2, -0.15) is 0 Å². The predicted molar refractivity (Wildman–Crippen MR) is 91.2 cm³/mol. The summed E-state index contributed by atoms with van der Waals surface area (Å²) in [6.45, 7) is 3.45. The summed E-state index contributed by atoms with van der Waals surface area (Å²) in [4.78, 5) is 23.7. The van der Waals surface area contributed by atoms with E-state index in [0.29, 0.717) is 11.0 Å². The van der Waals surface area contributed by atoms with Crippen molar-refractivity contribution in [3.63, 3.8) is 0 Å². The second kappa shape index (κ2) is 5.60. The van der Waals surface area contributed by atoms with Crippen LogP contribution in [0.15, 0.2) is 31.9 Å². The summed E-state index contributed by atoms with van der Waals surface area (Å²) in [5.74, 6) is -0.719. The molecule has 2 aromatic heterocycles. The number of methoxy groups -OCH3 is 1. The number of benzene rings is 1. The molecule has 0 saturated carbocycles. The minimum absolute atomic E-state index is 0.125. The van der Waals surface area contributed by atoms with Crippen molar-refractivity contribution in [3.8, 4) is 0 Å². The monoisotopic (exact) mass is 444 g/mol. The van der Waals surface area contributed by atoms with Gasteiger partial charge in [0, 0.05) is 0 Å². The molecule has 0 aliphatic rings. The van der Waals surface area contributed by atoms with Gasteiger partial charge in [0.05, 0.1) is 0 Å². The van der Waals surface area contributed by atoms with Crippen molar-refractivity contribution >= 4 is 57.0 Å². The number of esters is 1. The number of hydrogen-bond donors (Lipinski definition) is 1. The molecule has 0 aliphatic heterocycles. The average molecular weight is 444 g/mol. The van der Waals surface area contributed by atoms with E-state index in [0.717, 1.165) is 18.6 Å². The summed E-state index contributed by atoms with van der Waals surface area (Å²) in [5.41, 5.74) is -1.35. The number of carbonyl (C=O) groups is 1. The van der Waals surface area contributed by atoms with Gasteiger partial charge in [0.15, 0.2) is 0 Å². The molecule has 0 aliphatic carbocycles. The summed E-state index contributed by atoms with van der Waals surface area (Å²) < 4.78 is 12.6. The normalized spacial score (nSPS) is 12.0. The summed E-state index contributed by atoms with van der Waals surface area (Å²) in [7, 11) is 1.22. The molecule has 0 amide bonds. The second-order valence-electron chi connectivity index (χ2n) is 5.60. The number of halogens is 1. The fourth-order valence-electron chi connectivity index (χ4n) is 2.35. The molecule has 2 heterocycles. The van der Waals surface area contributed by atoms with Crippen LogP contribution in [0.5, 0.6) is 0 Å². The van der Waals surface area contributed by atoms with E-state index in [2.05, 4.69) is 20.7 Å². The van der Waals surface area contributed by atoms with Crippen molar-refractivity contribution in [2.45, 2.75) is 19.4 Å². The molecule has 0 spiro atoms. The van der Waals surface area contributed by atoms with Crippen molar-refractivity contribution < 1.29 is 19.1 Å². The summed E-state index contributed by atoms with van der Waals surface area (Å²) in [5, 5.41) is 11.9. The van der Waals surface area contributed by atoms with E-state index in [-0.39, 0.29) is 20.1 Å². The average Bonchev–Trinajstić information content (AvgIpc) is 2.83. The van der Waals surface area contributed by atoms with Crippen LogP contribution in [0.1, 0.15) is 28.6 Å². The Balaban J connectivity index is 2.38. The molecule has 7 heteroatoms. The zero-order chi connectivity index (χ0) is 16.9. The van der Waals surface area contributed by atoms with Crippen LogP contribution >= 0.6 is 15.9 Å². The first-order valence-corrected chi connectivity index (χ1v) is 9.24. The van der Waals surface area contributed by atoms with Gasteiger partial charge in [0.1, 0.15) is 0 Å². The summed E-state index contributed by atoms with van der Waals surface area (Å²) in [6, 6.07) is 5.16. The first kappa shape index (κ1) is 16.5. The Bertz CT molecular complexity index is 994. The molecule has 0 bridgehead atoms. The van der Waals surface area contributed by atoms with Gasteiger partial charge in [0.2, 0.25) is 0 Å². The fourth-order valence-corrected chi connectivity index (χ4v) is 6.37. The number of aliphatic hydroxyl groups is 1. The molecule has 0 saturated heterocycles. The van der Waals surface area contributed by atoms with Crippen LogP contribution in [-0.4, -0.2) is 32.7 Å². The molecular formula is C16H13BrO5Se. The summed E-state index contributed by atoms with van der Waals surface area (Å²) >= 11 is 3.35. The number of fused-ring (bicyclic) bond motifs is 3. The molecule has 0 atom stereocenters. The third-order valence-electron chi connectivity index (χ3n) is 3.46. The van der Waals surface area contributed by atoms with E-state index in [1.54, 1.807) is 19.9 Å².